The number of aromatic nitrogens is 1. The van der Waals surface area contributed by atoms with Crippen LogP contribution in [-0.2, 0) is 11.3 Å². The van der Waals surface area contributed by atoms with Crippen molar-refractivity contribution in [3.63, 3.8) is 0 Å². The third kappa shape index (κ3) is 2.49. The van der Waals surface area contributed by atoms with Gasteiger partial charge in [0.25, 0.3) is 0 Å². The number of hydrogen-bond acceptors (Lipinski definition) is 3. The molecule has 0 saturated carbocycles. The molecule has 0 unspecified atom stereocenters. The van der Waals surface area contributed by atoms with Gasteiger partial charge in [-0.25, -0.2) is 4.79 Å². The summed E-state index contributed by atoms with van der Waals surface area (Å²) in [7, 11) is 1.39. The molecule has 19 heavy (non-hydrogen) atoms. The highest BCUT2D eigenvalue weighted by atomic mass is 16.5. The number of aliphatic hydroxyl groups excluding tert-OH is 1. The van der Waals surface area contributed by atoms with Crippen LogP contribution in [0.5, 0.6) is 0 Å². The number of rotatable bonds is 4. The number of nitrogens with zero attached hydrogens (tertiary/aromatic N) is 1. The Labute approximate surface area is 112 Å². The van der Waals surface area contributed by atoms with Gasteiger partial charge in [0.2, 0.25) is 0 Å². The van der Waals surface area contributed by atoms with Crippen LogP contribution in [0.4, 0.5) is 0 Å². The van der Waals surface area contributed by atoms with Crippen molar-refractivity contribution in [3.8, 4) is 0 Å². The summed E-state index contributed by atoms with van der Waals surface area (Å²) in [5.74, 6) is -0.322. The molecule has 1 N–H and O–H groups in total. The monoisotopic (exact) mass is 261 g/mol. The van der Waals surface area contributed by atoms with Gasteiger partial charge in [0.05, 0.1) is 18.2 Å². The number of aliphatic hydroxyl groups is 1. The average molecular weight is 261 g/mol. The summed E-state index contributed by atoms with van der Waals surface area (Å²) in [6.45, 7) is 4.87. The Morgan fingerprint density at radius 1 is 1.37 bits per heavy atom. The standard InChI is InChI=1S/C15H19NO3/c1-10-7-11(2)14-12(8-10)13(15(18)19-3)9-16(14)5-4-6-17/h7-9,17H,4-6H2,1-3H3. The smallest absolute Gasteiger partial charge is 0.340 e. The van der Waals surface area contributed by atoms with Crippen molar-refractivity contribution in [3.05, 3.63) is 35.0 Å². The second-order valence-electron chi connectivity index (χ2n) is 4.78. The Morgan fingerprint density at radius 3 is 2.74 bits per heavy atom. The van der Waals surface area contributed by atoms with Crippen LogP contribution in [0.3, 0.4) is 0 Å². The van der Waals surface area contributed by atoms with Crippen molar-refractivity contribution in [2.24, 2.45) is 0 Å². The second kappa shape index (κ2) is 5.45. The van der Waals surface area contributed by atoms with E-state index in [2.05, 4.69) is 6.07 Å². The highest BCUT2D eigenvalue weighted by Gasteiger charge is 2.17. The maximum absolute atomic E-state index is 11.9. The van der Waals surface area contributed by atoms with Gasteiger partial charge in [0, 0.05) is 24.7 Å². The summed E-state index contributed by atoms with van der Waals surface area (Å²) in [6, 6.07) is 4.10. The summed E-state index contributed by atoms with van der Waals surface area (Å²) in [5.41, 5.74) is 3.87. The number of methoxy groups -OCH3 is 1. The quantitative estimate of drug-likeness (QED) is 0.860. The normalized spacial score (nSPS) is 10.9. The summed E-state index contributed by atoms with van der Waals surface area (Å²) >= 11 is 0. The van der Waals surface area contributed by atoms with Crippen LogP contribution >= 0.6 is 0 Å². The first-order valence-electron chi connectivity index (χ1n) is 6.37. The molecule has 0 amide bonds. The molecule has 0 atom stereocenters. The van der Waals surface area contributed by atoms with Gasteiger partial charge in [-0.05, 0) is 31.9 Å². The fourth-order valence-electron chi connectivity index (χ4n) is 2.53. The van der Waals surface area contributed by atoms with E-state index in [-0.39, 0.29) is 12.6 Å². The molecule has 1 aromatic heterocycles. The molecule has 0 radical (unpaired) electrons. The van der Waals surface area contributed by atoms with E-state index in [9.17, 15) is 4.79 Å². The minimum atomic E-state index is -0.322. The Morgan fingerprint density at radius 2 is 2.11 bits per heavy atom. The Hall–Kier alpha value is -1.81. The molecule has 2 rings (SSSR count). The van der Waals surface area contributed by atoms with Crippen LogP contribution in [-0.4, -0.2) is 29.4 Å². The first-order valence-corrected chi connectivity index (χ1v) is 6.37. The molecule has 0 aliphatic heterocycles. The van der Waals surface area contributed by atoms with Crippen LogP contribution in [0.2, 0.25) is 0 Å². The Kier molecular flexibility index (Phi) is 3.90. The van der Waals surface area contributed by atoms with Gasteiger partial charge in [-0.15, -0.1) is 0 Å². The van der Waals surface area contributed by atoms with E-state index in [0.717, 1.165) is 22.0 Å². The van der Waals surface area contributed by atoms with Crippen molar-refractivity contribution in [1.29, 1.82) is 0 Å². The second-order valence-corrected chi connectivity index (χ2v) is 4.78. The highest BCUT2D eigenvalue weighted by molar-refractivity contribution is 6.05. The lowest BCUT2D eigenvalue weighted by molar-refractivity contribution is 0.0602. The predicted molar refractivity (Wildman–Crippen MR) is 74.5 cm³/mol. The first-order chi connectivity index (χ1) is 9.08. The van der Waals surface area contributed by atoms with E-state index in [1.165, 1.54) is 7.11 Å². The van der Waals surface area contributed by atoms with E-state index >= 15 is 0 Å². The van der Waals surface area contributed by atoms with Crippen molar-refractivity contribution < 1.29 is 14.6 Å². The minimum Gasteiger partial charge on any atom is -0.465 e. The fraction of sp³-hybridized carbons (Fsp3) is 0.400. The molecule has 4 nitrogen and oxygen atoms in total. The molecule has 4 heteroatoms. The number of aryl methyl sites for hydroxylation is 3. The zero-order valence-corrected chi connectivity index (χ0v) is 11.6. The number of hydrogen-bond donors (Lipinski definition) is 1. The molecular formula is C15H19NO3. The van der Waals surface area contributed by atoms with Gasteiger partial charge in [-0.3, -0.25) is 0 Å². The van der Waals surface area contributed by atoms with Crippen LogP contribution in [0.1, 0.15) is 27.9 Å². The zero-order valence-electron chi connectivity index (χ0n) is 11.6. The van der Waals surface area contributed by atoms with Crippen molar-refractivity contribution in [2.45, 2.75) is 26.8 Å². The molecule has 1 heterocycles. The SMILES string of the molecule is COC(=O)c1cn(CCCO)c2c(C)cc(C)cc12. The lowest BCUT2D eigenvalue weighted by Gasteiger charge is -2.07. The highest BCUT2D eigenvalue weighted by Crippen LogP contribution is 2.27. The summed E-state index contributed by atoms with van der Waals surface area (Å²) < 4.78 is 6.86. The lowest BCUT2D eigenvalue weighted by atomic mass is 10.1. The van der Waals surface area contributed by atoms with Crippen molar-refractivity contribution >= 4 is 16.9 Å². The molecule has 2 aromatic rings. The van der Waals surface area contributed by atoms with E-state index in [1.807, 2.05) is 30.7 Å². The van der Waals surface area contributed by atoms with Crippen molar-refractivity contribution in [2.75, 3.05) is 13.7 Å². The molecule has 102 valence electrons. The third-order valence-electron chi connectivity index (χ3n) is 3.27. The van der Waals surface area contributed by atoms with E-state index in [0.29, 0.717) is 18.5 Å². The summed E-state index contributed by atoms with van der Waals surface area (Å²) in [5, 5.41) is 9.89. The van der Waals surface area contributed by atoms with Crippen LogP contribution in [0.15, 0.2) is 18.3 Å². The number of carbonyl (C=O) groups excluding carboxylic acids is 1. The van der Waals surface area contributed by atoms with E-state index in [1.54, 1.807) is 0 Å². The Balaban J connectivity index is 2.66. The van der Waals surface area contributed by atoms with Gasteiger partial charge < -0.3 is 14.4 Å². The van der Waals surface area contributed by atoms with Gasteiger partial charge in [-0.1, -0.05) is 11.6 Å². The van der Waals surface area contributed by atoms with Crippen LogP contribution in [0, 0.1) is 13.8 Å². The van der Waals surface area contributed by atoms with Gasteiger partial charge in [0.1, 0.15) is 0 Å². The van der Waals surface area contributed by atoms with Gasteiger partial charge >= 0.3 is 5.97 Å². The molecule has 0 aliphatic rings. The lowest BCUT2D eigenvalue weighted by Crippen LogP contribution is -2.01. The van der Waals surface area contributed by atoms with E-state index in [4.69, 9.17) is 9.84 Å². The largest absolute Gasteiger partial charge is 0.465 e. The van der Waals surface area contributed by atoms with Crippen molar-refractivity contribution in [1.82, 2.24) is 4.57 Å². The van der Waals surface area contributed by atoms with Gasteiger partial charge in [-0.2, -0.15) is 0 Å². The molecule has 1 aromatic carbocycles. The average Bonchev–Trinajstić information content (AvgIpc) is 2.74. The van der Waals surface area contributed by atoms with Crippen LogP contribution < -0.4 is 0 Å². The minimum absolute atomic E-state index is 0.137. The summed E-state index contributed by atoms with van der Waals surface area (Å²) in [4.78, 5) is 11.9. The number of ether oxygens (including phenoxy) is 1. The first kappa shape index (κ1) is 13.6. The maximum Gasteiger partial charge on any atom is 0.340 e. The molecule has 0 fully saturated rings. The van der Waals surface area contributed by atoms with E-state index < -0.39 is 0 Å². The number of benzene rings is 1. The number of esters is 1. The molecule has 0 bridgehead atoms. The topological polar surface area (TPSA) is 51.5 Å². The third-order valence-corrected chi connectivity index (χ3v) is 3.27. The Bertz CT molecular complexity index is 613. The molecule has 0 spiro atoms. The summed E-state index contributed by atoms with van der Waals surface area (Å²) in [6.07, 6.45) is 2.48. The number of fused-ring (bicyclic) bond motifs is 1. The molecule has 0 aliphatic carbocycles. The maximum atomic E-state index is 11.9. The molecule has 0 saturated heterocycles. The zero-order chi connectivity index (χ0) is 14.0. The fourth-order valence-corrected chi connectivity index (χ4v) is 2.53. The van der Waals surface area contributed by atoms with Crippen LogP contribution in [0.25, 0.3) is 10.9 Å². The predicted octanol–water partition coefficient (Wildman–Crippen LogP) is 2.43. The van der Waals surface area contributed by atoms with Gasteiger partial charge in [0.15, 0.2) is 0 Å². The molecular weight excluding hydrogens is 242 g/mol. The number of carbonyl (C=O) groups is 1.